The summed E-state index contributed by atoms with van der Waals surface area (Å²) in [5.74, 6) is -1.49. The predicted molar refractivity (Wildman–Crippen MR) is 79.3 cm³/mol. The molecule has 2 aromatic carbocycles. The van der Waals surface area contributed by atoms with Gasteiger partial charge in [-0.15, -0.1) is 0 Å². The molecule has 0 saturated heterocycles. The molecule has 6 nitrogen and oxygen atoms in total. The van der Waals surface area contributed by atoms with Crippen molar-refractivity contribution in [1.82, 2.24) is 0 Å². The molecule has 2 amide bonds. The highest BCUT2D eigenvalue weighted by molar-refractivity contribution is 7.85. The van der Waals surface area contributed by atoms with E-state index < -0.39 is 27.7 Å². The standard InChI is InChI=1S/C15H11NO5S/c17-14-12-6-1-2-7-13(12)15(18)16(14)11-5-3-4-10(8-11)9-22(19,20)21/h1-8H,9H2,(H,19,20,21). The summed E-state index contributed by atoms with van der Waals surface area (Å²) in [5, 5.41) is 0. The van der Waals surface area contributed by atoms with E-state index in [1.54, 1.807) is 24.3 Å². The summed E-state index contributed by atoms with van der Waals surface area (Å²) in [4.78, 5) is 25.7. The molecule has 0 bridgehead atoms. The molecule has 0 radical (unpaired) electrons. The molecule has 0 atom stereocenters. The molecule has 3 rings (SSSR count). The molecular weight excluding hydrogens is 306 g/mol. The van der Waals surface area contributed by atoms with E-state index in [4.69, 9.17) is 4.55 Å². The number of benzene rings is 2. The molecule has 1 aliphatic rings. The van der Waals surface area contributed by atoms with E-state index in [1.165, 1.54) is 24.3 Å². The quantitative estimate of drug-likeness (QED) is 0.689. The van der Waals surface area contributed by atoms with Crippen LogP contribution < -0.4 is 4.90 Å². The van der Waals surface area contributed by atoms with E-state index in [9.17, 15) is 18.0 Å². The fraction of sp³-hybridized carbons (Fsp3) is 0.0667. The lowest BCUT2D eigenvalue weighted by atomic mass is 10.1. The molecule has 0 unspecified atom stereocenters. The maximum absolute atomic E-state index is 12.3. The van der Waals surface area contributed by atoms with Gasteiger partial charge in [-0.1, -0.05) is 24.3 Å². The number of amides is 2. The van der Waals surface area contributed by atoms with Crippen molar-refractivity contribution >= 4 is 27.6 Å². The maximum Gasteiger partial charge on any atom is 0.269 e. The third kappa shape index (κ3) is 2.51. The van der Waals surface area contributed by atoms with Crippen LogP contribution in [-0.2, 0) is 15.9 Å². The number of fused-ring (bicyclic) bond motifs is 1. The molecule has 1 aliphatic heterocycles. The Labute approximate surface area is 126 Å². The van der Waals surface area contributed by atoms with Gasteiger partial charge in [0.1, 0.15) is 5.75 Å². The van der Waals surface area contributed by atoms with Gasteiger partial charge in [-0.2, -0.15) is 8.42 Å². The number of hydrogen-bond donors (Lipinski definition) is 1. The smallest absolute Gasteiger partial charge is 0.269 e. The number of carbonyl (C=O) groups is 2. The Morgan fingerprint density at radius 1 is 0.909 bits per heavy atom. The van der Waals surface area contributed by atoms with Crippen LogP contribution in [0.25, 0.3) is 0 Å². The second-order valence-corrected chi connectivity index (χ2v) is 6.34. The van der Waals surface area contributed by atoms with Crippen molar-refractivity contribution in [2.45, 2.75) is 5.75 Å². The number of imide groups is 1. The number of nitrogens with zero attached hydrogens (tertiary/aromatic N) is 1. The Balaban J connectivity index is 2.01. The Morgan fingerprint density at radius 2 is 1.50 bits per heavy atom. The lowest BCUT2D eigenvalue weighted by Gasteiger charge is -2.14. The fourth-order valence-electron chi connectivity index (χ4n) is 2.42. The minimum atomic E-state index is -4.19. The van der Waals surface area contributed by atoms with Crippen LogP contribution in [0.3, 0.4) is 0 Å². The fourth-order valence-corrected chi connectivity index (χ4v) is 3.02. The third-order valence-corrected chi connectivity index (χ3v) is 4.01. The van der Waals surface area contributed by atoms with Gasteiger partial charge < -0.3 is 0 Å². The van der Waals surface area contributed by atoms with Gasteiger partial charge in [-0.05, 0) is 29.8 Å². The van der Waals surface area contributed by atoms with Crippen LogP contribution in [0.4, 0.5) is 5.69 Å². The number of rotatable bonds is 3. The zero-order chi connectivity index (χ0) is 15.9. The largest absolute Gasteiger partial charge is 0.285 e. The van der Waals surface area contributed by atoms with Gasteiger partial charge in [-0.25, -0.2) is 4.90 Å². The molecule has 0 saturated carbocycles. The van der Waals surface area contributed by atoms with Gasteiger partial charge >= 0.3 is 0 Å². The second kappa shape index (κ2) is 5.04. The highest BCUT2D eigenvalue weighted by Gasteiger charge is 2.36. The van der Waals surface area contributed by atoms with Crippen molar-refractivity contribution in [1.29, 1.82) is 0 Å². The molecule has 0 aromatic heterocycles. The van der Waals surface area contributed by atoms with E-state index >= 15 is 0 Å². The SMILES string of the molecule is O=C1c2ccccc2C(=O)N1c1cccc(CS(=O)(=O)O)c1. The second-order valence-electron chi connectivity index (χ2n) is 4.89. The van der Waals surface area contributed by atoms with Gasteiger partial charge in [0.15, 0.2) is 0 Å². The molecule has 0 spiro atoms. The van der Waals surface area contributed by atoms with Crippen LogP contribution >= 0.6 is 0 Å². The summed E-state index contributed by atoms with van der Waals surface area (Å²) >= 11 is 0. The van der Waals surface area contributed by atoms with Gasteiger partial charge in [0.05, 0.1) is 16.8 Å². The number of hydrogen-bond acceptors (Lipinski definition) is 4. The Morgan fingerprint density at radius 3 is 2.05 bits per heavy atom. The van der Waals surface area contributed by atoms with E-state index in [2.05, 4.69) is 0 Å². The summed E-state index contributed by atoms with van der Waals surface area (Å²) in [5.41, 5.74) is 1.18. The first kappa shape index (κ1) is 14.4. The van der Waals surface area contributed by atoms with Crippen LogP contribution in [0.2, 0.25) is 0 Å². The summed E-state index contributed by atoms with van der Waals surface area (Å²) in [6, 6.07) is 12.4. The maximum atomic E-state index is 12.3. The van der Waals surface area contributed by atoms with Crippen molar-refractivity contribution < 1.29 is 22.6 Å². The lowest BCUT2D eigenvalue weighted by molar-refractivity contribution is 0.0926. The van der Waals surface area contributed by atoms with Gasteiger partial charge in [0, 0.05) is 0 Å². The summed E-state index contributed by atoms with van der Waals surface area (Å²) < 4.78 is 30.8. The lowest BCUT2D eigenvalue weighted by Crippen LogP contribution is -2.29. The normalized spacial score (nSPS) is 14.3. The Bertz CT molecular complexity index is 853. The van der Waals surface area contributed by atoms with Crippen LogP contribution in [0.5, 0.6) is 0 Å². The van der Waals surface area contributed by atoms with Gasteiger partial charge in [-0.3, -0.25) is 14.1 Å². The summed E-state index contributed by atoms with van der Waals surface area (Å²) in [7, 11) is -4.19. The van der Waals surface area contributed by atoms with Crippen molar-refractivity contribution in [2.75, 3.05) is 4.90 Å². The first-order valence-electron chi connectivity index (χ1n) is 6.39. The molecule has 1 heterocycles. The van der Waals surface area contributed by atoms with Crippen LogP contribution in [0, 0.1) is 0 Å². The molecule has 112 valence electrons. The zero-order valence-electron chi connectivity index (χ0n) is 11.3. The average molecular weight is 317 g/mol. The first-order chi connectivity index (χ1) is 10.4. The van der Waals surface area contributed by atoms with Gasteiger partial charge in [0.25, 0.3) is 21.9 Å². The number of carbonyl (C=O) groups excluding carboxylic acids is 2. The van der Waals surface area contributed by atoms with Crippen molar-refractivity contribution in [3.05, 3.63) is 65.2 Å². The predicted octanol–water partition coefficient (Wildman–Crippen LogP) is 1.88. The zero-order valence-corrected chi connectivity index (χ0v) is 12.1. The minimum Gasteiger partial charge on any atom is -0.285 e. The van der Waals surface area contributed by atoms with E-state index in [0.717, 1.165) is 4.90 Å². The van der Waals surface area contributed by atoms with E-state index in [0.29, 0.717) is 11.1 Å². The topological polar surface area (TPSA) is 91.8 Å². The van der Waals surface area contributed by atoms with Crippen molar-refractivity contribution in [3.63, 3.8) is 0 Å². The molecule has 0 fully saturated rings. The molecule has 0 aliphatic carbocycles. The first-order valence-corrected chi connectivity index (χ1v) is 8.00. The third-order valence-electron chi connectivity index (χ3n) is 3.31. The molecule has 22 heavy (non-hydrogen) atoms. The van der Waals surface area contributed by atoms with Crippen molar-refractivity contribution in [2.24, 2.45) is 0 Å². The monoisotopic (exact) mass is 317 g/mol. The van der Waals surface area contributed by atoms with E-state index in [-0.39, 0.29) is 11.3 Å². The molecule has 7 heteroatoms. The van der Waals surface area contributed by atoms with Crippen molar-refractivity contribution in [3.8, 4) is 0 Å². The Hall–Kier alpha value is -2.51. The average Bonchev–Trinajstić information content (AvgIpc) is 2.70. The molecule has 2 aromatic rings. The van der Waals surface area contributed by atoms with Crippen LogP contribution in [0.15, 0.2) is 48.5 Å². The molecular formula is C15H11NO5S. The minimum absolute atomic E-state index is 0.271. The molecule has 1 N–H and O–H groups in total. The number of anilines is 1. The summed E-state index contributed by atoms with van der Waals surface area (Å²) in [6.07, 6.45) is 0. The van der Waals surface area contributed by atoms with Crippen LogP contribution in [-0.4, -0.2) is 24.8 Å². The van der Waals surface area contributed by atoms with E-state index in [1.807, 2.05) is 0 Å². The van der Waals surface area contributed by atoms with Gasteiger partial charge in [0.2, 0.25) is 0 Å². The Kier molecular flexibility index (Phi) is 3.31. The highest BCUT2D eigenvalue weighted by atomic mass is 32.2. The van der Waals surface area contributed by atoms with Crippen LogP contribution in [0.1, 0.15) is 26.3 Å². The highest BCUT2D eigenvalue weighted by Crippen LogP contribution is 2.28. The summed E-state index contributed by atoms with van der Waals surface area (Å²) in [6.45, 7) is 0.